The molecule has 0 unspecified atom stereocenters. The number of ketones is 1. The maximum absolute atomic E-state index is 12.3. The average molecular weight is 346 g/mol. The molecule has 0 spiro atoms. The van der Waals surface area contributed by atoms with Gasteiger partial charge in [0.05, 0.1) is 0 Å². The van der Waals surface area contributed by atoms with Crippen molar-refractivity contribution in [2.24, 2.45) is 0 Å². The van der Waals surface area contributed by atoms with Gasteiger partial charge in [-0.15, -0.1) is 0 Å². The molecule has 1 fully saturated rings. The second-order valence-electron chi connectivity index (χ2n) is 5.49. The Hall–Kier alpha value is -1.68. The molecule has 2 aromatic rings. The van der Waals surface area contributed by atoms with Crippen molar-refractivity contribution in [2.45, 2.75) is 31.7 Å². The first-order valence-corrected chi connectivity index (χ1v) is 7.93. The molecular weight excluding hydrogens is 330 g/mol. The summed E-state index contributed by atoms with van der Waals surface area (Å²) in [4.78, 5) is 23.5. The topological polar surface area (TPSA) is 46.2 Å². The van der Waals surface area contributed by atoms with Gasteiger partial charge in [0.25, 0.3) is 5.91 Å². The Morgan fingerprint density at radius 3 is 2.48 bits per heavy atom. The van der Waals surface area contributed by atoms with Gasteiger partial charge in [-0.1, -0.05) is 28.1 Å². The molecule has 1 aliphatic rings. The van der Waals surface area contributed by atoms with Gasteiger partial charge in [0.15, 0.2) is 0 Å². The first-order chi connectivity index (χ1) is 10.1. The lowest BCUT2D eigenvalue weighted by Gasteiger charge is -2.22. The summed E-state index contributed by atoms with van der Waals surface area (Å²) in [5, 5.41) is 5.18. The molecular formula is C17H16BrNO2. The van der Waals surface area contributed by atoms with Gasteiger partial charge in [0, 0.05) is 28.9 Å². The van der Waals surface area contributed by atoms with Gasteiger partial charge in [0.1, 0.15) is 5.78 Å². The summed E-state index contributed by atoms with van der Waals surface area (Å²) in [6.07, 6.45) is 2.67. The zero-order chi connectivity index (χ0) is 14.8. The highest BCUT2D eigenvalue weighted by Gasteiger charge is 2.20. The number of fused-ring (bicyclic) bond motifs is 1. The smallest absolute Gasteiger partial charge is 0.251 e. The second kappa shape index (κ2) is 5.98. The van der Waals surface area contributed by atoms with E-state index in [-0.39, 0.29) is 11.9 Å². The molecule has 0 atom stereocenters. The van der Waals surface area contributed by atoms with E-state index in [1.165, 1.54) is 0 Å². The van der Waals surface area contributed by atoms with Crippen LogP contribution in [0.2, 0.25) is 0 Å². The Labute approximate surface area is 131 Å². The third-order valence-electron chi connectivity index (χ3n) is 3.94. The number of carbonyl (C=O) groups excluding carboxylic acids is 2. The summed E-state index contributed by atoms with van der Waals surface area (Å²) in [6.45, 7) is 0. The van der Waals surface area contributed by atoms with Gasteiger partial charge in [-0.25, -0.2) is 0 Å². The average Bonchev–Trinajstić information content (AvgIpc) is 2.49. The van der Waals surface area contributed by atoms with Crippen LogP contribution in [0, 0.1) is 0 Å². The molecule has 0 saturated heterocycles. The van der Waals surface area contributed by atoms with E-state index in [0.29, 0.717) is 24.2 Å². The van der Waals surface area contributed by atoms with E-state index in [2.05, 4.69) is 21.2 Å². The van der Waals surface area contributed by atoms with Crippen LogP contribution in [0.1, 0.15) is 36.0 Å². The van der Waals surface area contributed by atoms with Gasteiger partial charge in [0.2, 0.25) is 0 Å². The number of hydrogen-bond acceptors (Lipinski definition) is 2. The van der Waals surface area contributed by atoms with Gasteiger partial charge < -0.3 is 5.32 Å². The molecule has 108 valence electrons. The van der Waals surface area contributed by atoms with E-state index in [1.54, 1.807) is 0 Å². The largest absolute Gasteiger partial charge is 0.349 e. The summed E-state index contributed by atoms with van der Waals surface area (Å²) in [7, 11) is 0. The number of halogens is 1. The Bertz CT molecular complexity index is 701. The Morgan fingerprint density at radius 1 is 1.05 bits per heavy atom. The van der Waals surface area contributed by atoms with Crippen molar-refractivity contribution in [3.63, 3.8) is 0 Å². The molecule has 2 aromatic carbocycles. The predicted octanol–water partition coefficient (Wildman–Crippen LogP) is 3.84. The Morgan fingerprint density at radius 2 is 1.71 bits per heavy atom. The van der Waals surface area contributed by atoms with Crippen molar-refractivity contribution < 1.29 is 9.59 Å². The van der Waals surface area contributed by atoms with E-state index in [0.717, 1.165) is 28.1 Å². The molecule has 1 saturated carbocycles. The molecule has 21 heavy (non-hydrogen) atoms. The van der Waals surface area contributed by atoms with E-state index in [9.17, 15) is 9.59 Å². The molecule has 3 nitrogen and oxygen atoms in total. The minimum absolute atomic E-state index is 0.0563. The summed E-state index contributed by atoms with van der Waals surface area (Å²) in [5.41, 5.74) is 0.668. The molecule has 4 heteroatoms. The van der Waals surface area contributed by atoms with E-state index in [4.69, 9.17) is 0 Å². The summed E-state index contributed by atoms with van der Waals surface area (Å²) in [5.74, 6) is 0.246. The van der Waals surface area contributed by atoms with Gasteiger partial charge in [-0.2, -0.15) is 0 Å². The maximum atomic E-state index is 12.3. The third-order valence-corrected chi connectivity index (χ3v) is 4.44. The molecule has 0 aliphatic heterocycles. The number of amides is 1. The summed E-state index contributed by atoms with van der Waals surface area (Å²) < 4.78 is 1.03. The van der Waals surface area contributed by atoms with Crippen LogP contribution in [0.5, 0.6) is 0 Å². The van der Waals surface area contributed by atoms with Crippen molar-refractivity contribution in [3.8, 4) is 0 Å². The van der Waals surface area contributed by atoms with Crippen molar-refractivity contribution in [3.05, 3.63) is 46.4 Å². The van der Waals surface area contributed by atoms with Gasteiger partial charge in [-0.3, -0.25) is 9.59 Å². The first-order valence-electron chi connectivity index (χ1n) is 7.14. The number of Topliss-reactive ketones (excluding diaryl/α,β-unsaturated/α-hetero) is 1. The van der Waals surface area contributed by atoms with Gasteiger partial charge >= 0.3 is 0 Å². The van der Waals surface area contributed by atoms with Crippen LogP contribution in [-0.2, 0) is 4.79 Å². The lowest BCUT2D eigenvalue weighted by molar-refractivity contribution is -0.120. The number of benzene rings is 2. The van der Waals surface area contributed by atoms with Crippen LogP contribution in [0.4, 0.5) is 0 Å². The van der Waals surface area contributed by atoms with Crippen LogP contribution in [0.25, 0.3) is 10.8 Å². The summed E-state index contributed by atoms with van der Waals surface area (Å²) >= 11 is 3.44. The normalized spacial score (nSPS) is 16.1. The standard InChI is InChI=1S/C17H16BrNO2/c18-14-4-3-11-9-13(2-1-12(11)10-14)17(21)19-15-5-7-16(20)8-6-15/h1-4,9-10,15H,5-8H2,(H,19,21). The highest BCUT2D eigenvalue weighted by atomic mass is 79.9. The SMILES string of the molecule is O=C1CCC(NC(=O)c2ccc3cc(Br)ccc3c2)CC1. The lowest BCUT2D eigenvalue weighted by Crippen LogP contribution is -2.37. The minimum Gasteiger partial charge on any atom is -0.349 e. The fraction of sp³-hybridized carbons (Fsp3) is 0.294. The quantitative estimate of drug-likeness (QED) is 0.898. The Balaban J connectivity index is 1.75. The fourth-order valence-corrected chi connectivity index (χ4v) is 3.09. The molecule has 0 bridgehead atoms. The molecule has 0 heterocycles. The van der Waals surface area contributed by atoms with Crippen LogP contribution in [0.15, 0.2) is 40.9 Å². The van der Waals surface area contributed by atoms with Crippen LogP contribution in [-0.4, -0.2) is 17.7 Å². The molecule has 1 amide bonds. The summed E-state index contributed by atoms with van der Waals surface area (Å²) in [6, 6.07) is 11.8. The zero-order valence-electron chi connectivity index (χ0n) is 11.6. The Kier molecular flexibility index (Phi) is 4.06. The molecule has 0 radical (unpaired) electrons. The number of nitrogens with one attached hydrogen (secondary N) is 1. The van der Waals surface area contributed by atoms with Crippen molar-refractivity contribution in [1.29, 1.82) is 0 Å². The number of carbonyl (C=O) groups is 2. The molecule has 1 aliphatic carbocycles. The highest BCUT2D eigenvalue weighted by Crippen LogP contribution is 2.21. The molecule has 1 N–H and O–H groups in total. The maximum Gasteiger partial charge on any atom is 0.251 e. The first kappa shape index (κ1) is 14.3. The monoisotopic (exact) mass is 345 g/mol. The van der Waals surface area contributed by atoms with E-state index >= 15 is 0 Å². The predicted molar refractivity (Wildman–Crippen MR) is 86.4 cm³/mol. The highest BCUT2D eigenvalue weighted by molar-refractivity contribution is 9.10. The van der Waals surface area contributed by atoms with Crippen LogP contribution < -0.4 is 5.32 Å². The molecule has 3 rings (SSSR count). The van der Waals surface area contributed by atoms with E-state index in [1.807, 2.05) is 36.4 Å². The number of hydrogen-bond donors (Lipinski definition) is 1. The number of rotatable bonds is 2. The van der Waals surface area contributed by atoms with Crippen LogP contribution in [0.3, 0.4) is 0 Å². The fourth-order valence-electron chi connectivity index (χ4n) is 2.71. The van der Waals surface area contributed by atoms with Crippen LogP contribution >= 0.6 is 15.9 Å². The zero-order valence-corrected chi connectivity index (χ0v) is 13.2. The molecule has 0 aromatic heterocycles. The van der Waals surface area contributed by atoms with Gasteiger partial charge in [-0.05, 0) is 47.9 Å². The lowest BCUT2D eigenvalue weighted by atomic mass is 9.94. The minimum atomic E-state index is -0.0563. The van der Waals surface area contributed by atoms with Crippen molar-refractivity contribution in [2.75, 3.05) is 0 Å². The third kappa shape index (κ3) is 3.32. The van der Waals surface area contributed by atoms with E-state index < -0.39 is 0 Å². The van der Waals surface area contributed by atoms with Crippen molar-refractivity contribution in [1.82, 2.24) is 5.32 Å². The van der Waals surface area contributed by atoms with Crippen molar-refractivity contribution >= 4 is 38.4 Å². The second-order valence-corrected chi connectivity index (χ2v) is 6.41.